The van der Waals surface area contributed by atoms with E-state index in [0.717, 1.165) is 18.1 Å². The van der Waals surface area contributed by atoms with Crippen molar-refractivity contribution >= 4 is 12.8 Å². The molecule has 2 aliphatic rings. The van der Waals surface area contributed by atoms with Crippen LogP contribution < -0.4 is 5.30 Å². The standard InChI is InChI=1S/C12H17O4P/c1-2-6-12(7-3-1)17(13-8-4-9-14-17)15-10-5-11-16-17/h1-3,6-7H,4-5,8-11H2. The molecular formula is C12H17O4P. The van der Waals surface area contributed by atoms with Crippen LogP contribution in [0.1, 0.15) is 12.8 Å². The van der Waals surface area contributed by atoms with Crippen molar-refractivity contribution in [2.75, 3.05) is 26.4 Å². The first-order valence-electron chi connectivity index (χ1n) is 6.02. The Morgan fingerprint density at radius 2 is 1.18 bits per heavy atom. The van der Waals surface area contributed by atoms with E-state index in [1.807, 2.05) is 30.3 Å². The third kappa shape index (κ3) is 1.81. The SMILES string of the molecule is c1ccc(P23(OCCCO2)OCCCO3)cc1. The summed E-state index contributed by atoms with van der Waals surface area (Å²) in [6.07, 6.45) is 1.77. The fraction of sp³-hybridized carbons (Fsp3) is 0.500. The second-order valence-corrected chi connectivity index (χ2v) is 7.36. The molecule has 0 amide bonds. The van der Waals surface area contributed by atoms with Crippen molar-refractivity contribution in [2.24, 2.45) is 0 Å². The second-order valence-electron chi connectivity index (χ2n) is 4.19. The molecule has 0 N–H and O–H groups in total. The molecule has 4 nitrogen and oxygen atoms in total. The zero-order valence-corrected chi connectivity index (χ0v) is 10.6. The van der Waals surface area contributed by atoms with Crippen molar-refractivity contribution in [3.8, 4) is 0 Å². The summed E-state index contributed by atoms with van der Waals surface area (Å²) in [5, 5.41) is 0.901. The Kier molecular flexibility index (Phi) is 2.93. The number of benzene rings is 1. The monoisotopic (exact) mass is 256 g/mol. The van der Waals surface area contributed by atoms with Gasteiger partial charge in [0.2, 0.25) is 0 Å². The van der Waals surface area contributed by atoms with E-state index >= 15 is 0 Å². The van der Waals surface area contributed by atoms with Gasteiger partial charge in [0.1, 0.15) is 0 Å². The van der Waals surface area contributed by atoms with Gasteiger partial charge in [0.15, 0.2) is 0 Å². The molecule has 1 aromatic rings. The van der Waals surface area contributed by atoms with E-state index in [-0.39, 0.29) is 0 Å². The quantitative estimate of drug-likeness (QED) is 0.723. The minimum absolute atomic E-state index is 0.632. The van der Waals surface area contributed by atoms with Crippen molar-refractivity contribution in [3.63, 3.8) is 0 Å². The van der Waals surface area contributed by atoms with Crippen molar-refractivity contribution < 1.29 is 18.1 Å². The molecule has 0 saturated carbocycles. The van der Waals surface area contributed by atoms with Crippen LogP contribution in [0, 0.1) is 0 Å². The minimum atomic E-state index is -3.48. The van der Waals surface area contributed by atoms with Crippen LogP contribution in [0.5, 0.6) is 0 Å². The van der Waals surface area contributed by atoms with Gasteiger partial charge in [-0.25, -0.2) is 0 Å². The van der Waals surface area contributed by atoms with Crippen molar-refractivity contribution in [1.29, 1.82) is 0 Å². The van der Waals surface area contributed by atoms with E-state index in [1.54, 1.807) is 0 Å². The third-order valence-corrected chi connectivity index (χ3v) is 6.66. The first-order valence-corrected chi connectivity index (χ1v) is 7.93. The number of rotatable bonds is 1. The Hall–Kier alpha value is -0.510. The van der Waals surface area contributed by atoms with Gasteiger partial charge in [-0.1, -0.05) is 0 Å². The van der Waals surface area contributed by atoms with E-state index in [9.17, 15) is 0 Å². The summed E-state index contributed by atoms with van der Waals surface area (Å²) < 4.78 is 23.8. The molecule has 17 heavy (non-hydrogen) atoms. The van der Waals surface area contributed by atoms with Crippen molar-refractivity contribution in [1.82, 2.24) is 0 Å². The molecule has 1 spiro atoms. The molecular weight excluding hydrogens is 239 g/mol. The molecule has 94 valence electrons. The molecule has 0 aromatic heterocycles. The molecule has 1 aromatic carbocycles. The maximum absolute atomic E-state index is 5.94. The Morgan fingerprint density at radius 3 is 1.65 bits per heavy atom. The molecule has 0 aliphatic carbocycles. The molecule has 0 bridgehead atoms. The third-order valence-electron chi connectivity index (χ3n) is 3.01. The number of hydrogen-bond donors (Lipinski definition) is 0. The first-order chi connectivity index (χ1) is 8.34. The zero-order valence-electron chi connectivity index (χ0n) is 9.71. The van der Waals surface area contributed by atoms with Gasteiger partial charge in [-0.2, -0.15) is 0 Å². The molecule has 0 unspecified atom stereocenters. The second kappa shape index (κ2) is 4.30. The van der Waals surface area contributed by atoms with Gasteiger partial charge < -0.3 is 0 Å². The summed E-state index contributed by atoms with van der Waals surface area (Å²) in [5.41, 5.74) is 0. The fourth-order valence-corrected chi connectivity index (χ4v) is 5.68. The van der Waals surface area contributed by atoms with Gasteiger partial charge in [0.25, 0.3) is 0 Å². The summed E-state index contributed by atoms with van der Waals surface area (Å²) in [6.45, 7) is 2.53. The van der Waals surface area contributed by atoms with Crippen LogP contribution in [0.25, 0.3) is 0 Å². The fourth-order valence-electron chi connectivity index (χ4n) is 2.20. The topological polar surface area (TPSA) is 36.9 Å². The normalized spacial score (nSPS) is 29.3. The zero-order chi connectivity index (χ0) is 11.6. The van der Waals surface area contributed by atoms with Gasteiger partial charge in [0, 0.05) is 0 Å². The van der Waals surface area contributed by atoms with E-state index in [1.165, 1.54) is 0 Å². The summed E-state index contributed by atoms with van der Waals surface area (Å²) in [5.74, 6) is 0. The average Bonchev–Trinajstić information content (AvgIpc) is 2.42. The van der Waals surface area contributed by atoms with Crippen LogP contribution in [0.4, 0.5) is 0 Å². The first kappa shape index (κ1) is 11.6. The molecule has 2 heterocycles. The summed E-state index contributed by atoms with van der Waals surface area (Å²) in [4.78, 5) is 0. The van der Waals surface area contributed by atoms with Crippen LogP contribution >= 0.6 is 7.51 Å². The van der Waals surface area contributed by atoms with Crippen LogP contribution in [0.15, 0.2) is 30.3 Å². The van der Waals surface area contributed by atoms with E-state index in [2.05, 4.69) is 0 Å². The van der Waals surface area contributed by atoms with E-state index in [4.69, 9.17) is 18.1 Å². The summed E-state index contributed by atoms with van der Waals surface area (Å²) in [6, 6.07) is 9.81. The Labute approximate surface area is 101 Å². The van der Waals surface area contributed by atoms with Crippen LogP contribution in [0.2, 0.25) is 0 Å². The van der Waals surface area contributed by atoms with Crippen LogP contribution in [-0.4, -0.2) is 26.4 Å². The summed E-state index contributed by atoms with van der Waals surface area (Å²) in [7, 11) is -3.48. The van der Waals surface area contributed by atoms with Crippen molar-refractivity contribution in [2.45, 2.75) is 12.8 Å². The van der Waals surface area contributed by atoms with Gasteiger partial charge in [-0.05, 0) is 0 Å². The summed E-state index contributed by atoms with van der Waals surface area (Å²) >= 11 is 0. The Balaban J connectivity index is 2.06. The Bertz CT molecular complexity index is 357. The molecule has 3 rings (SSSR count). The van der Waals surface area contributed by atoms with E-state index in [0.29, 0.717) is 26.4 Å². The number of hydrogen-bond acceptors (Lipinski definition) is 4. The molecule has 5 heteroatoms. The van der Waals surface area contributed by atoms with Gasteiger partial charge in [-0.3, -0.25) is 0 Å². The molecule has 2 aliphatic heterocycles. The van der Waals surface area contributed by atoms with Crippen molar-refractivity contribution in [3.05, 3.63) is 30.3 Å². The molecule has 0 radical (unpaired) electrons. The van der Waals surface area contributed by atoms with Gasteiger partial charge in [-0.15, -0.1) is 0 Å². The Morgan fingerprint density at radius 1 is 0.706 bits per heavy atom. The van der Waals surface area contributed by atoms with E-state index < -0.39 is 7.51 Å². The van der Waals surface area contributed by atoms with Gasteiger partial charge in [0.05, 0.1) is 0 Å². The molecule has 2 saturated heterocycles. The molecule has 0 atom stereocenters. The average molecular weight is 256 g/mol. The predicted molar refractivity (Wildman–Crippen MR) is 66.0 cm³/mol. The van der Waals surface area contributed by atoms with Gasteiger partial charge >= 0.3 is 101 Å². The maximum atomic E-state index is 5.94. The van der Waals surface area contributed by atoms with Crippen LogP contribution in [-0.2, 0) is 18.1 Å². The predicted octanol–water partition coefficient (Wildman–Crippen LogP) is 2.40. The van der Waals surface area contributed by atoms with Crippen LogP contribution in [0.3, 0.4) is 0 Å². The molecule has 2 fully saturated rings.